The standard InChI is InChI=1S/C13H14BrFO3.C13H15FO3.CH4/c1-17-13(16)12(14)11-6-9(15)2-3-10(11)8-4-5-18-7-8;1-16-13(15)7-10-6-11(14)2-3-12(10)9-4-5-17-8-9;/h2-3,6,8,12H,4-5,7H2,1H3;2-3,6,9H,4-5,7-8H2,1H3;1H4. The Morgan fingerprint density at radius 2 is 1.50 bits per heavy atom. The molecule has 0 saturated carbocycles. The van der Waals surface area contributed by atoms with Crippen molar-refractivity contribution in [3.63, 3.8) is 0 Å². The van der Waals surface area contributed by atoms with E-state index in [0.29, 0.717) is 30.9 Å². The van der Waals surface area contributed by atoms with Crippen LogP contribution in [-0.2, 0) is 35.0 Å². The van der Waals surface area contributed by atoms with E-state index in [1.165, 1.54) is 38.5 Å². The average molecular weight is 571 g/mol. The largest absolute Gasteiger partial charge is 0.469 e. The Morgan fingerprint density at radius 1 is 0.944 bits per heavy atom. The predicted molar refractivity (Wildman–Crippen MR) is 135 cm³/mol. The van der Waals surface area contributed by atoms with Gasteiger partial charge in [-0.25, -0.2) is 8.78 Å². The lowest BCUT2D eigenvalue weighted by Crippen LogP contribution is -2.12. The molecular formula is C27H33BrF2O6. The molecule has 2 saturated heterocycles. The van der Waals surface area contributed by atoms with Gasteiger partial charge in [0.1, 0.15) is 16.5 Å². The van der Waals surface area contributed by atoms with E-state index in [1.54, 1.807) is 12.1 Å². The first-order chi connectivity index (χ1) is 16.8. The molecule has 2 heterocycles. The molecule has 3 atom stereocenters. The number of benzene rings is 2. The Labute approximate surface area is 219 Å². The van der Waals surface area contributed by atoms with Crippen LogP contribution in [0.15, 0.2) is 36.4 Å². The van der Waals surface area contributed by atoms with Crippen molar-refractivity contribution < 1.29 is 37.3 Å². The van der Waals surface area contributed by atoms with Gasteiger partial charge in [0.15, 0.2) is 0 Å². The van der Waals surface area contributed by atoms with Gasteiger partial charge in [-0.3, -0.25) is 9.59 Å². The van der Waals surface area contributed by atoms with Crippen LogP contribution in [0.2, 0.25) is 0 Å². The van der Waals surface area contributed by atoms with Gasteiger partial charge in [-0.15, -0.1) is 0 Å². The fourth-order valence-corrected chi connectivity index (χ4v) is 4.86. The highest BCUT2D eigenvalue weighted by atomic mass is 79.9. The molecule has 0 bridgehead atoms. The molecule has 6 nitrogen and oxygen atoms in total. The van der Waals surface area contributed by atoms with Crippen molar-refractivity contribution in [1.29, 1.82) is 0 Å². The van der Waals surface area contributed by atoms with Gasteiger partial charge in [-0.05, 0) is 59.4 Å². The smallest absolute Gasteiger partial charge is 0.324 e. The normalized spacial score (nSPS) is 19.5. The second kappa shape index (κ2) is 14.4. The Bertz CT molecular complexity index is 1020. The minimum atomic E-state index is -0.645. The summed E-state index contributed by atoms with van der Waals surface area (Å²) in [6, 6.07) is 9.09. The second-order valence-corrected chi connectivity index (χ2v) is 9.29. The molecule has 4 rings (SSSR count). The number of esters is 2. The number of hydrogen-bond donors (Lipinski definition) is 0. The zero-order valence-electron chi connectivity index (χ0n) is 19.7. The Balaban J connectivity index is 0.000000247. The molecule has 0 N–H and O–H groups in total. The monoisotopic (exact) mass is 570 g/mol. The van der Waals surface area contributed by atoms with Crippen molar-refractivity contribution in [1.82, 2.24) is 0 Å². The van der Waals surface area contributed by atoms with Crippen LogP contribution >= 0.6 is 15.9 Å². The van der Waals surface area contributed by atoms with Crippen LogP contribution in [0.5, 0.6) is 0 Å². The molecule has 2 aromatic rings. The first-order valence-electron chi connectivity index (χ1n) is 11.4. The van der Waals surface area contributed by atoms with E-state index < -0.39 is 10.8 Å². The van der Waals surface area contributed by atoms with E-state index in [-0.39, 0.29) is 43.3 Å². The lowest BCUT2D eigenvalue weighted by Gasteiger charge is -2.17. The van der Waals surface area contributed by atoms with Crippen LogP contribution < -0.4 is 0 Å². The number of ether oxygens (including phenoxy) is 4. The molecule has 2 fully saturated rings. The molecule has 198 valence electrons. The molecule has 2 aliphatic heterocycles. The van der Waals surface area contributed by atoms with Gasteiger partial charge in [0.2, 0.25) is 0 Å². The minimum absolute atomic E-state index is 0. The van der Waals surface area contributed by atoms with E-state index in [2.05, 4.69) is 25.4 Å². The third-order valence-electron chi connectivity index (χ3n) is 6.14. The summed E-state index contributed by atoms with van der Waals surface area (Å²) in [5, 5.41) is 0. The maximum atomic E-state index is 13.4. The van der Waals surface area contributed by atoms with Crippen molar-refractivity contribution in [2.24, 2.45) is 0 Å². The molecule has 0 aromatic heterocycles. The van der Waals surface area contributed by atoms with Crippen LogP contribution in [0.3, 0.4) is 0 Å². The summed E-state index contributed by atoms with van der Waals surface area (Å²) < 4.78 is 46.5. The number of hydrogen-bond acceptors (Lipinski definition) is 6. The predicted octanol–water partition coefficient (Wildman–Crippen LogP) is 5.62. The number of carbonyl (C=O) groups excluding carboxylic acids is 2. The van der Waals surface area contributed by atoms with E-state index in [9.17, 15) is 18.4 Å². The van der Waals surface area contributed by atoms with Crippen LogP contribution in [0.25, 0.3) is 0 Å². The highest BCUT2D eigenvalue weighted by molar-refractivity contribution is 9.09. The molecule has 3 unspecified atom stereocenters. The van der Waals surface area contributed by atoms with Gasteiger partial charge < -0.3 is 18.9 Å². The molecule has 0 radical (unpaired) electrons. The summed E-state index contributed by atoms with van der Waals surface area (Å²) in [5.74, 6) is -0.996. The van der Waals surface area contributed by atoms with Crippen molar-refractivity contribution in [3.8, 4) is 0 Å². The maximum Gasteiger partial charge on any atom is 0.324 e. The van der Waals surface area contributed by atoms with Crippen LogP contribution in [0.4, 0.5) is 8.78 Å². The lowest BCUT2D eigenvalue weighted by molar-refractivity contribution is -0.140. The van der Waals surface area contributed by atoms with Crippen molar-refractivity contribution in [2.75, 3.05) is 40.6 Å². The number of halogens is 3. The lowest BCUT2D eigenvalue weighted by atomic mass is 9.92. The fourth-order valence-electron chi connectivity index (χ4n) is 4.28. The second-order valence-electron chi connectivity index (χ2n) is 8.38. The highest BCUT2D eigenvalue weighted by Crippen LogP contribution is 2.35. The molecule has 0 amide bonds. The maximum absolute atomic E-state index is 13.4. The third kappa shape index (κ3) is 7.82. The first-order valence-corrected chi connectivity index (χ1v) is 12.3. The zero-order valence-corrected chi connectivity index (χ0v) is 21.3. The van der Waals surface area contributed by atoms with Gasteiger partial charge in [0.05, 0.1) is 33.9 Å². The molecular weight excluding hydrogens is 538 g/mol. The molecule has 0 spiro atoms. The fraction of sp³-hybridized carbons (Fsp3) is 0.481. The molecule has 0 aliphatic carbocycles. The summed E-state index contributed by atoms with van der Waals surface area (Å²) in [6.07, 6.45) is 1.92. The van der Waals surface area contributed by atoms with E-state index in [0.717, 1.165) is 30.6 Å². The SMILES string of the molecule is C.COC(=O)C(Br)c1cc(F)ccc1C1CCOC1.COC(=O)Cc1cc(F)ccc1C1CCOC1. The Kier molecular flexibility index (Phi) is 11.9. The molecule has 2 aromatic carbocycles. The Morgan fingerprint density at radius 3 is 2.03 bits per heavy atom. The first kappa shape index (κ1) is 29.9. The molecule has 36 heavy (non-hydrogen) atoms. The quantitative estimate of drug-likeness (QED) is 0.331. The Hall–Kier alpha value is -2.36. The van der Waals surface area contributed by atoms with Gasteiger partial charge in [-0.1, -0.05) is 35.5 Å². The summed E-state index contributed by atoms with van der Waals surface area (Å²) in [4.78, 5) is 22.2. The summed E-state index contributed by atoms with van der Waals surface area (Å²) in [6.45, 7) is 2.67. The van der Waals surface area contributed by atoms with Crippen molar-refractivity contribution >= 4 is 27.9 Å². The van der Waals surface area contributed by atoms with Crippen LogP contribution in [0.1, 0.15) is 59.2 Å². The zero-order chi connectivity index (χ0) is 25.4. The van der Waals surface area contributed by atoms with Gasteiger partial charge in [-0.2, -0.15) is 0 Å². The van der Waals surface area contributed by atoms with Crippen molar-refractivity contribution in [2.45, 2.75) is 43.4 Å². The van der Waals surface area contributed by atoms with E-state index in [4.69, 9.17) is 9.47 Å². The van der Waals surface area contributed by atoms with E-state index in [1.807, 2.05) is 0 Å². The molecule has 2 aliphatic rings. The minimum Gasteiger partial charge on any atom is -0.469 e. The number of carbonyl (C=O) groups is 2. The van der Waals surface area contributed by atoms with Crippen molar-refractivity contribution in [3.05, 3.63) is 70.3 Å². The topological polar surface area (TPSA) is 71.1 Å². The average Bonchev–Trinajstić information content (AvgIpc) is 3.58. The number of rotatable bonds is 6. The molecule has 9 heteroatoms. The summed E-state index contributed by atoms with van der Waals surface area (Å²) in [5.41, 5.74) is 3.26. The van der Waals surface area contributed by atoms with E-state index >= 15 is 0 Å². The van der Waals surface area contributed by atoms with Gasteiger partial charge >= 0.3 is 11.9 Å². The summed E-state index contributed by atoms with van der Waals surface area (Å²) >= 11 is 3.26. The number of methoxy groups -OCH3 is 2. The number of alkyl halides is 1. The summed E-state index contributed by atoms with van der Waals surface area (Å²) in [7, 11) is 2.65. The van der Waals surface area contributed by atoms with Gasteiger partial charge in [0.25, 0.3) is 0 Å². The van der Waals surface area contributed by atoms with Crippen LogP contribution in [0, 0.1) is 11.6 Å². The highest BCUT2D eigenvalue weighted by Gasteiger charge is 2.27. The third-order valence-corrected chi connectivity index (χ3v) is 7.00. The van der Waals surface area contributed by atoms with Gasteiger partial charge in [0, 0.05) is 25.0 Å². The van der Waals surface area contributed by atoms with Crippen LogP contribution in [-0.4, -0.2) is 52.6 Å².